The van der Waals surface area contributed by atoms with Gasteiger partial charge in [0.25, 0.3) is 5.91 Å². The average molecular weight is 347 g/mol. The van der Waals surface area contributed by atoms with Gasteiger partial charge in [-0.2, -0.15) is 5.10 Å². The third-order valence-corrected chi connectivity index (χ3v) is 4.84. The van der Waals surface area contributed by atoms with Crippen molar-refractivity contribution >= 4 is 17.5 Å². The van der Waals surface area contributed by atoms with Gasteiger partial charge in [-0.1, -0.05) is 43.6 Å². The van der Waals surface area contributed by atoms with E-state index in [9.17, 15) is 4.79 Å². The lowest BCUT2D eigenvalue weighted by atomic mass is 10.0. The molecule has 1 aliphatic rings. The highest BCUT2D eigenvalue weighted by Crippen LogP contribution is 2.29. The number of halogens is 1. The molecule has 1 aromatic carbocycles. The van der Waals surface area contributed by atoms with Crippen LogP contribution >= 0.6 is 11.6 Å². The standard InChI is InChI=1S/C18H23ClN4O/c1-12(2)16-10-15(21-22(16)3)18(24)23-9-8-20-11-17(23)13-6-4-5-7-14(13)19/h4-7,10,12,17,20H,8-9,11H2,1-3H3. The van der Waals surface area contributed by atoms with E-state index in [-0.39, 0.29) is 11.9 Å². The van der Waals surface area contributed by atoms with Gasteiger partial charge in [0.05, 0.1) is 6.04 Å². The van der Waals surface area contributed by atoms with Crippen molar-refractivity contribution in [1.82, 2.24) is 20.0 Å². The zero-order valence-corrected chi connectivity index (χ0v) is 15.0. The molecule has 0 saturated carbocycles. The van der Waals surface area contributed by atoms with Gasteiger partial charge in [-0.15, -0.1) is 0 Å². The maximum Gasteiger partial charge on any atom is 0.274 e. The summed E-state index contributed by atoms with van der Waals surface area (Å²) in [6.07, 6.45) is 0. The molecule has 1 saturated heterocycles. The summed E-state index contributed by atoms with van der Waals surface area (Å²) in [4.78, 5) is 14.9. The molecular weight excluding hydrogens is 324 g/mol. The molecule has 1 aromatic heterocycles. The van der Waals surface area contributed by atoms with Crippen LogP contribution in [0.2, 0.25) is 5.02 Å². The lowest BCUT2D eigenvalue weighted by molar-refractivity contribution is 0.0627. The van der Waals surface area contributed by atoms with Crippen LogP contribution in [0.25, 0.3) is 0 Å². The monoisotopic (exact) mass is 346 g/mol. The molecule has 2 heterocycles. The summed E-state index contributed by atoms with van der Waals surface area (Å²) in [7, 11) is 1.88. The van der Waals surface area contributed by atoms with Crippen molar-refractivity contribution in [2.24, 2.45) is 7.05 Å². The second-order valence-electron chi connectivity index (χ2n) is 6.47. The molecule has 3 rings (SSSR count). The molecule has 1 N–H and O–H groups in total. The summed E-state index contributed by atoms with van der Waals surface area (Å²) in [6.45, 7) is 6.31. The lowest BCUT2D eigenvalue weighted by Gasteiger charge is -2.36. The number of carbonyl (C=O) groups excluding carboxylic acids is 1. The van der Waals surface area contributed by atoms with Crippen molar-refractivity contribution in [3.05, 3.63) is 52.3 Å². The molecule has 1 amide bonds. The predicted octanol–water partition coefficient (Wildman–Crippen LogP) is 2.98. The number of rotatable bonds is 3. The van der Waals surface area contributed by atoms with E-state index in [0.29, 0.717) is 29.7 Å². The molecule has 1 aliphatic heterocycles. The zero-order chi connectivity index (χ0) is 17.3. The van der Waals surface area contributed by atoms with Crippen LogP contribution in [0.1, 0.15) is 47.6 Å². The zero-order valence-electron chi connectivity index (χ0n) is 14.3. The van der Waals surface area contributed by atoms with E-state index in [2.05, 4.69) is 24.3 Å². The second kappa shape index (κ2) is 6.95. The Morgan fingerprint density at radius 3 is 2.79 bits per heavy atom. The quantitative estimate of drug-likeness (QED) is 0.929. The first-order valence-corrected chi connectivity index (χ1v) is 8.67. The molecule has 24 heavy (non-hydrogen) atoms. The van der Waals surface area contributed by atoms with Gasteiger partial charge in [-0.05, 0) is 23.6 Å². The van der Waals surface area contributed by atoms with Gasteiger partial charge in [0.2, 0.25) is 0 Å². The van der Waals surface area contributed by atoms with Gasteiger partial charge < -0.3 is 10.2 Å². The number of nitrogens with zero attached hydrogens (tertiary/aromatic N) is 3. The highest BCUT2D eigenvalue weighted by molar-refractivity contribution is 6.31. The van der Waals surface area contributed by atoms with Gasteiger partial charge in [-0.3, -0.25) is 9.48 Å². The minimum absolute atomic E-state index is 0.0380. The molecule has 2 aromatic rings. The number of piperazine rings is 1. The van der Waals surface area contributed by atoms with E-state index in [1.165, 1.54) is 0 Å². The molecule has 1 atom stereocenters. The summed E-state index contributed by atoms with van der Waals surface area (Å²) in [5.41, 5.74) is 2.53. The topological polar surface area (TPSA) is 50.2 Å². The molecule has 1 unspecified atom stereocenters. The average Bonchev–Trinajstić information content (AvgIpc) is 2.97. The maximum absolute atomic E-state index is 13.1. The number of hydrogen-bond acceptors (Lipinski definition) is 3. The number of aryl methyl sites for hydroxylation is 1. The Kier molecular flexibility index (Phi) is 4.92. The van der Waals surface area contributed by atoms with Gasteiger partial charge in [0.15, 0.2) is 5.69 Å². The van der Waals surface area contributed by atoms with Crippen molar-refractivity contribution in [1.29, 1.82) is 0 Å². The smallest absolute Gasteiger partial charge is 0.274 e. The number of amides is 1. The van der Waals surface area contributed by atoms with E-state index < -0.39 is 0 Å². The molecule has 0 aliphatic carbocycles. The van der Waals surface area contributed by atoms with Crippen LogP contribution in [0.4, 0.5) is 0 Å². The summed E-state index contributed by atoms with van der Waals surface area (Å²) < 4.78 is 1.80. The Bertz CT molecular complexity index is 740. The lowest BCUT2D eigenvalue weighted by Crippen LogP contribution is -2.48. The van der Waals surface area contributed by atoms with Crippen molar-refractivity contribution in [3.63, 3.8) is 0 Å². The first-order chi connectivity index (χ1) is 11.5. The van der Waals surface area contributed by atoms with E-state index >= 15 is 0 Å². The minimum atomic E-state index is -0.0792. The Morgan fingerprint density at radius 2 is 2.12 bits per heavy atom. The SMILES string of the molecule is CC(C)c1cc(C(=O)N2CCNCC2c2ccccc2Cl)nn1C. The predicted molar refractivity (Wildman–Crippen MR) is 95.4 cm³/mol. The van der Waals surface area contributed by atoms with Crippen LogP contribution in [-0.4, -0.2) is 40.2 Å². The van der Waals surface area contributed by atoms with Gasteiger partial charge in [0.1, 0.15) is 0 Å². The Balaban J connectivity index is 1.92. The van der Waals surface area contributed by atoms with Crippen molar-refractivity contribution in [2.75, 3.05) is 19.6 Å². The fourth-order valence-electron chi connectivity index (χ4n) is 3.24. The maximum atomic E-state index is 13.1. The summed E-state index contributed by atoms with van der Waals surface area (Å²) in [5.74, 6) is 0.287. The van der Waals surface area contributed by atoms with Crippen molar-refractivity contribution < 1.29 is 4.79 Å². The molecule has 0 bridgehead atoms. The van der Waals surface area contributed by atoms with E-state index in [1.54, 1.807) is 4.68 Å². The molecule has 0 radical (unpaired) electrons. The molecule has 128 valence electrons. The third kappa shape index (κ3) is 3.19. The van der Waals surface area contributed by atoms with Crippen LogP contribution in [-0.2, 0) is 7.05 Å². The highest BCUT2D eigenvalue weighted by Gasteiger charge is 2.31. The Labute approximate surface area is 147 Å². The molecule has 5 nitrogen and oxygen atoms in total. The van der Waals surface area contributed by atoms with Gasteiger partial charge >= 0.3 is 0 Å². The normalized spacial score (nSPS) is 18.2. The summed E-state index contributed by atoms with van der Waals surface area (Å²) in [6, 6.07) is 9.53. The number of carbonyl (C=O) groups is 1. The van der Waals surface area contributed by atoms with Crippen LogP contribution in [0.15, 0.2) is 30.3 Å². The van der Waals surface area contributed by atoms with Crippen LogP contribution in [0, 0.1) is 0 Å². The first-order valence-electron chi connectivity index (χ1n) is 8.29. The second-order valence-corrected chi connectivity index (χ2v) is 6.88. The number of hydrogen-bond donors (Lipinski definition) is 1. The highest BCUT2D eigenvalue weighted by atomic mass is 35.5. The third-order valence-electron chi connectivity index (χ3n) is 4.50. The van der Waals surface area contributed by atoms with Crippen LogP contribution < -0.4 is 5.32 Å². The summed E-state index contributed by atoms with van der Waals surface area (Å²) in [5, 5.41) is 8.47. The van der Waals surface area contributed by atoms with E-state index in [0.717, 1.165) is 17.8 Å². The fraction of sp³-hybridized carbons (Fsp3) is 0.444. The molecule has 1 fully saturated rings. The minimum Gasteiger partial charge on any atom is -0.328 e. The largest absolute Gasteiger partial charge is 0.328 e. The van der Waals surface area contributed by atoms with Crippen LogP contribution in [0.3, 0.4) is 0 Å². The fourth-order valence-corrected chi connectivity index (χ4v) is 3.51. The Morgan fingerprint density at radius 1 is 1.38 bits per heavy atom. The Hall–Kier alpha value is -1.85. The number of nitrogens with one attached hydrogen (secondary N) is 1. The molecule has 6 heteroatoms. The number of aromatic nitrogens is 2. The molecule has 0 spiro atoms. The first kappa shape index (κ1) is 17.0. The van der Waals surface area contributed by atoms with Crippen LogP contribution in [0.5, 0.6) is 0 Å². The van der Waals surface area contributed by atoms with Crippen molar-refractivity contribution in [3.8, 4) is 0 Å². The number of benzene rings is 1. The van der Waals surface area contributed by atoms with E-state index in [1.807, 2.05) is 42.3 Å². The van der Waals surface area contributed by atoms with E-state index in [4.69, 9.17) is 11.6 Å². The summed E-state index contributed by atoms with van der Waals surface area (Å²) >= 11 is 6.36. The van der Waals surface area contributed by atoms with Gasteiger partial charge in [0, 0.05) is 37.4 Å². The molecular formula is C18H23ClN4O. The van der Waals surface area contributed by atoms with Crippen molar-refractivity contribution in [2.45, 2.75) is 25.8 Å². The van der Waals surface area contributed by atoms with Gasteiger partial charge in [-0.25, -0.2) is 0 Å².